The summed E-state index contributed by atoms with van der Waals surface area (Å²) in [7, 11) is 0. The first-order chi connectivity index (χ1) is 24.3. The Morgan fingerprint density at radius 2 is 0.959 bits per heavy atom. The van der Waals surface area contributed by atoms with Gasteiger partial charge in [-0.25, -0.2) is 0 Å². The van der Waals surface area contributed by atoms with E-state index in [1.165, 1.54) is 55.3 Å². The minimum Gasteiger partial charge on any atom is -0.456 e. The van der Waals surface area contributed by atoms with Crippen LogP contribution < -0.4 is 4.90 Å². The summed E-state index contributed by atoms with van der Waals surface area (Å²) in [6.07, 6.45) is 0. The van der Waals surface area contributed by atoms with Crippen LogP contribution in [0.1, 0.15) is 22.3 Å². The Balaban J connectivity index is 1.23. The second-order valence-corrected chi connectivity index (χ2v) is 13.2. The predicted molar refractivity (Wildman–Crippen MR) is 202 cm³/mol. The van der Waals surface area contributed by atoms with Crippen LogP contribution in [-0.2, 0) is 5.41 Å². The molecule has 1 aromatic heterocycles. The number of hydrogen-bond acceptors (Lipinski definition) is 2. The van der Waals surface area contributed by atoms with Crippen molar-refractivity contribution in [3.63, 3.8) is 0 Å². The van der Waals surface area contributed by atoms with E-state index in [1.54, 1.807) is 0 Å². The van der Waals surface area contributed by atoms with Gasteiger partial charge in [0, 0.05) is 27.8 Å². The number of rotatable bonds is 3. The van der Waals surface area contributed by atoms with Crippen LogP contribution >= 0.6 is 0 Å². The monoisotopic (exact) mass is 623 g/mol. The van der Waals surface area contributed by atoms with Gasteiger partial charge in [-0.15, -0.1) is 0 Å². The van der Waals surface area contributed by atoms with Gasteiger partial charge in [0.05, 0.1) is 5.41 Å². The molecular weight excluding hydrogens is 595 g/mol. The number of hydrogen-bond donors (Lipinski definition) is 0. The SMILES string of the molecule is c1ccc(N(c2ccc3c(c2)C2(c4ccccc4-c4ccccc42)c2c-3ccc3ccccc23)c2ccc3oc4ccccc4c3c2)cc1. The zero-order chi connectivity index (χ0) is 32.1. The molecule has 0 N–H and O–H groups in total. The van der Waals surface area contributed by atoms with Gasteiger partial charge in [0.25, 0.3) is 0 Å². The topological polar surface area (TPSA) is 16.4 Å². The fourth-order valence-corrected chi connectivity index (χ4v) is 8.92. The van der Waals surface area contributed by atoms with E-state index in [9.17, 15) is 0 Å². The van der Waals surface area contributed by atoms with Gasteiger partial charge >= 0.3 is 0 Å². The molecule has 0 bridgehead atoms. The van der Waals surface area contributed by atoms with Crippen molar-refractivity contribution in [3.05, 3.63) is 198 Å². The maximum Gasteiger partial charge on any atom is 0.135 e. The van der Waals surface area contributed by atoms with Gasteiger partial charge in [0.2, 0.25) is 0 Å². The second kappa shape index (κ2) is 9.82. The van der Waals surface area contributed by atoms with Crippen molar-refractivity contribution in [1.29, 1.82) is 0 Å². The molecule has 228 valence electrons. The van der Waals surface area contributed by atoms with Gasteiger partial charge in [-0.3, -0.25) is 0 Å². The molecule has 8 aromatic carbocycles. The third kappa shape index (κ3) is 3.50. The minimum atomic E-state index is -0.457. The molecule has 0 saturated heterocycles. The number of nitrogens with zero attached hydrogens (tertiary/aromatic N) is 1. The number of benzene rings is 8. The van der Waals surface area contributed by atoms with Crippen LogP contribution in [0.4, 0.5) is 17.1 Å². The summed E-state index contributed by atoms with van der Waals surface area (Å²) in [5, 5.41) is 4.81. The number of furan rings is 1. The first-order valence-electron chi connectivity index (χ1n) is 16.9. The van der Waals surface area contributed by atoms with Crippen molar-refractivity contribution in [2.75, 3.05) is 4.90 Å². The highest BCUT2D eigenvalue weighted by Crippen LogP contribution is 2.64. The lowest BCUT2D eigenvalue weighted by atomic mass is 9.69. The van der Waals surface area contributed by atoms with Gasteiger partial charge in [-0.1, -0.05) is 127 Å². The molecule has 2 heteroatoms. The molecule has 0 fully saturated rings. The van der Waals surface area contributed by atoms with E-state index in [4.69, 9.17) is 4.42 Å². The van der Waals surface area contributed by atoms with Crippen molar-refractivity contribution in [2.45, 2.75) is 5.41 Å². The van der Waals surface area contributed by atoms with Crippen molar-refractivity contribution in [3.8, 4) is 22.3 Å². The number of anilines is 3. The summed E-state index contributed by atoms with van der Waals surface area (Å²) in [5.74, 6) is 0. The molecule has 0 amide bonds. The predicted octanol–water partition coefficient (Wildman–Crippen LogP) is 12.6. The zero-order valence-electron chi connectivity index (χ0n) is 26.6. The summed E-state index contributed by atoms with van der Waals surface area (Å²) in [6.45, 7) is 0. The molecule has 11 rings (SSSR count). The maximum absolute atomic E-state index is 6.24. The molecule has 0 aliphatic heterocycles. The highest BCUT2D eigenvalue weighted by Gasteiger charge is 2.52. The van der Waals surface area contributed by atoms with Crippen molar-refractivity contribution in [2.24, 2.45) is 0 Å². The van der Waals surface area contributed by atoms with Gasteiger partial charge < -0.3 is 9.32 Å². The quantitative estimate of drug-likeness (QED) is 0.195. The fraction of sp³-hybridized carbons (Fsp3) is 0.0213. The lowest BCUT2D eigenvalue weighted by Crippen LogP contribution is -2.26. The summed E-state index contributed by atoms with van der Waals surface area (Å²) in [4.78, 5) is 2.39. The summed E-state index contributed by atoms with van der Waals surface area (Å²) in [5.41, 5.74) is 15.3. The highest BCUT2D eigenvalue weighted by molar-refractivity contribution is 6.07. The Bertz CT molecular complexity index is 2740. The van der Waals surface area contributed by atoms with Gasteiger partial charge in [-0.2, -0.15) is 0 Å². The first-order valence-corrected chi connectivity index (χ1v) is 16.9. The normalized spacial score (nSPS) is 13.5. The van der Waals surface area contributed by atoms with E-state index in [0.717, 1.165) is 39.0 Å². The van der Waals surface area contributed by atoms with Crippen LogP contribution in [0.15, 0.2) is 180 Å². The van der Waals surface area contributed by atoms with Crippen LogP contribution in [0.3, 0.4) is 0 Å². The third-order valence-electron chi connectivity index (χ3n) is 10.8. The molecular formula is C47H29NO. The molecule has 2 aliphatic carbocycles. The van der Waals surface area contributed by atoms with E-state index in [-0.39, 0.29) is 0 Å². The Morgan fingerprint density at radius 1 is 0.367 bits per heavy atom. The molecule has 9 aromatic rings. The molecule has 0 atom stereocenters. The smallest absolute Gasteiger partial charge is 0.135 e. The van der Waals surface area contributed by atoms with E-state index in [2.05, 4.69) is 169 Å². The van der Waals surface area contributed by atoms with E-state index < -0.39 is 5.41 Å². The Morgan fingerprint density at radius 3 is 1.78 bits per heavy atom. The third-order valence-corrected chi connectivity index (χ3v) is 10.8. The standard InChI is InChI=1S/C47H29NO/c1-2-13-31(14-3-1)48(32-24-27-45-40(28-32)38-18-8-11-21-44(38)49-45)33-23-26-37-39-25-22-30-12-4-5-15-34(30)46(39)47(43(37)29-33)41-19-9-6-16-35(41)36-17-7-10-20-42(36)47/h1-29H. The molecule has 1 heterocycles. The Kier molecular flexibility index (Phi) is 5.34. The zero-order valence-corrected chi connectivity index (χ0v) is 26.6. The van der Waals surface area contributed by atoms with Crippen LogP contribution in [0.5, 0.6) is 0 Å². The molecule has 0 unspecified atom stereocenters. The molecule has 1 spiro atoms. The van der Waals surface area contributed by atoms with E-state index in [0.29, 0.717) is 0 Å². The summed E-state index contributed by atoms with van der Waals surface area (Å²) in [6, 6.07) is 64.3. The number of para-hydroxylation sites is 2. The second-order valence-electron chi connectivity index (χ2n) is 13.2. The average molecular weight is 624 g/mol. The van der Waals surface area contributed by atoms with Crippen LogP contribution in [0.25, 0.3) is 55.0 Å². The van der Waals surface area contributed by atoms with Crippen LogP contribution in [-0.4, -0.2) is 0 Å². The van der Waals surface area contributed by atoms with Gasteiger partial charge in [0.15, 0.2) is 0 Å². The van der Waals surface area contributed by atoms with Crippen LogP contribution in [0.2, 0.25) is 0 Å². The number of fused-ring (bicyclic) bond motifs is 15. The maximum atomic E-state index is 6.24. The van der Waals surface area contributed by atoms with E-state index in [1.807, 2.05) is 12.1 Å². The van der Waals surface area contributed by atoms with Crippen LogP contribution in [0, 0.1) is 0 Å². The summed E-state index contributed by atoms with van der Waals surface area (Å²) >= 11 is 0. The molecule has 0 saturated carbocycles. The van der Waals surface area contributed by atoms with Gasteiger partial charge in [-0.05, 0) is 104 Å². The molecule has 2 nitrogen and oxygen atoms in total. The molecule has 0 radical (unpaired) electrons. The van der Waals surface area contributed by atoms with E-state index >= 15 is 0 Å². The Hall–Kier alpha value is -6.38. The lowest BCUT2D eigenvalue weighted by Gasteiger charge is -2.33. The lowest BCUT2D eigenvalue weighted by molar-refractivity contribution is 0.669. The molecule has 2 aliphatic rings. The largest absolute Gasteiger partial charge is 0.456 e. The average Bonchev–Trinajstić information content (AvgIpc) is 3.79. The van der Waals surface area contributed by atoms with Crippen molar-refractivity contribution < 1.29 is 4.42 Å². The molecule has 49 heavy (non-hydrogen) atoms. The summed E-state index contributed by atoms with van der Waals surface area (Å²) < 4.78 is 6.24. The van der Waals surface area contributed by atoms with Gasteiger partial charge in [0.1, 0.15) is 11.2 Å². The highest BCUT2D eigenvalue weighted by atomic mass is 16.3. The van der Waals surface area contributed by atoms with Crippen molar-refractivity contribution in [1.82, 2.24) is 0 Å². The minimum absolute atomic E-state index is 0.457. The Labute approximate surface area is 284 Å². The first kappa shape index (κ1) is 26.7. The fourth-order valence-electron chi connectivity index (χ4n) is 8.92. The van der Waals surface area contributed by atoms with Crippen molar-refractivity contribution >= 4 is 49.8 Å².